The van der Waals surface area contributed by atoms with Gasteiger partial charge in [0.25, 0.3) is 5.91 Å². The van der Waals surface area contributed by atoms with Crippen molar-refractivity contribution < 1.29 is 19.4 Å². The second kappa shape index (κ2) is 5.57. The fourth-order valence-corrected chi connectivity index (χ4v) is 1.68. The molecule has 0 aliphatic carbocycles. The predicted molar refractivity (Wildman–Crippen MR) is 57.4 cm³/mol. The first-order valence-electron chi connectivity index (χ1n) is 4.51. The molecule has 7 heteroatoms. The van der Waals surface area contributed by atoms with Crippen LogP contribution in [0.5, 0.6) is 0 Å². The van der Waals surface area contributed by atoms with Crippen LogP contribution in [0.1, 0.15) is 22.4 Å². The molecule has 88 valence electrons. The number of thiazole rings is 1. The predicted octanol–water partition coefficient (Wildman–Crippen LogP) is 0.492. The van der Waals surface area contributed by atoms with Gasteiger partial charge >= 0.3 is 5.97 Å². The van der Waals surface area contributed by atoms with Gasteiger partial charge < -0.3 is 15.2 Å². The molecule has 0 spiro atoms. The molecule has 0 fully saturated rings. The number of nitrogens with one attached hydrogen (secondary N) is 1. The highest BCUT2D eigenvalue weighted by Crippen LogP contribution is 2.10. The van der Waals surface area contributed by atoms with Gasteiger partial charge in [-0.3, -0.25) is 9.59 Å². The van der Waals surface area contributed by atoms with Gasteiger partial charge in [0.1, 0.15) is 16.7 Å². The highest BCUT2D eigenvalue weighted by atomic mass is 32.1. The molecule has 16 heavy (non-hydrogen) atoms. The molecule has 0 aliphatic heterocycles. The fourth-order valence-electron chi connectivity index (χ4n) is 0.937. The van der Waals surface area contributed by atoms with Crippen LogP contribution < -0.4 is 5.32 Å². The van der Waals surface area contributed by atoms with E-state index in [0.717, 1.165) is 0 Å². The maximum Gasteiger partial charge on any atom is 0.325 e. The number of amides is 1. The van der Waals surface area contributed by atoms with Gasteiger partial charge in [0.2, 0.25) is 0 Å². The summed E-state index contributed by atoms with van der Waals surface area (Å²) in [5, 5.41) is 13.2. The summed E-state index contributed by atoms with van der Waals surface area (Å²) >= 11 is 1.29. The van der Waals surface area contributed by atoms with E-state index < -0.39 is 17.9 Å². The van der Waals surface area contributed by atoms with E-state index in [1.54, 1.807) is 5.38 Å². The van der Waals surface area contributed by atoms with Crippen LogP contribution in [0, 0.1) is 0 Å². The highest BCUT2D eigenvalue weighted by Gasteiger charge is 2.17. The average molecular weight is 244 g/mol. The van der Waals surface area contributed by atoms with Crippen LogP contribution in [-0.2, 0) is 16.1 Å². The Hall–Kier alpha value is -1.47. The Morgan fingerprint density at radius 1 is 1.69 bits per heavy atom. The Kier molecular flexibility index (Phi) is 4.39. The molecule has 1 amide bonds. The zero-order valence-electron chi connectivity index (χ0n) is 8.89. The SMILES string of the molecule is COCc1nc(C(=O)NC(C)C(=O)O)cs1. The number of carbonyl (C=O) groups is 2. The topological polar surface area (TPSA) is 88.5 Å². The molecule has 0 aliphatic rings. The molecule has 2 N–H and O–H groups in total. The van der Waals surface area contributed by atoms with E-state index in [9.17, 15) is 9.59 Å². The normalized spacial score (nSPS) is 12.1. The Morgan fingerprint density at radius 2 is 2.38 bits per heavy atom. The third-order valence-corrected chi connectivity index (χ3v) is 2.59. The van der Waals surface area contributed by atoms with Gasteiger partial charge in [0.15, 0.2) is 0 Å². The third kappa shape index (κ3) is 3.28. The summed E-state index contributed by atoms with van der Waals surface area (Å²) < 4.78 is 4.86. The van der Waals surface area contributed by atoms with E-state index in [2.05, 4.69) is 10.3 Å². The van der Waals surface area contributed by atoms with Crippen LogP contribution in [0.3, 0.4) is 0 Å². The average Bonchev–Trinajstić information content (AvgIpc) is 2.66. The van der Waals surface area contributed by atoms with Crippen molar-refractivity contribution in [3.63, 3.8) is 0 Å². The van der Waals surface area contributed by atoms with Crippen LogP contribution in [0.15, 0.2) is 5.38 Å². The summed E-state index contributed by atoms with van der Waals surface area (Å²) in [4.78, 5) is 26.0. The first-order valence-corrected chi connectivity index (χ1v) is 5.39. The molecular weight excluding hydrogens is 232 g/mol. The molecule has 0 aromatic carbocycles. The molecule has 1 aromatic rings. The van der Waals surface area contributed by atoms with Crippen molar-refractivity contribution in [2.75, 3.05) is 7.11 Å². The standard InChI is InChI=1S/C9H12N2O4S/c1-5(9(13)14)10-8(12)6-4-16-7(11-6)3-15-2/h4-5H,3H2,1-2H3,(H,10,12)(H,13,14). The number of hydrogen-bond donors (Lipinski definition) is 2. The second-order valence-corrected chi connectivity index (χ2v) is 4.04. The van der Waals surface area contributed by atoms with E-state index in [1.807, 2.05) is 0 Å². The van der Waals surface area contributed by atoms with Crippen LogP contribution in [-0.4, -0.2) is 35.1 Å². The van der Waals surface area contributed by atoms with Crippen molar-refractivity contribution >= 4 is 23.2 Å². The number of aromatic nitrogens is 1. The number of aliphatic carboxylic acids is 1. The molecule has 0 saturated heterocycles. The summed E-state index contributed by atoms with van der Waals surface area (Å²) in [6.07, 6.45) is 0. The third-order valence-electron chi connectivity index (χ3n) is 1.77. The van der Waals surface area contributed by atoms with Crippen molar-refractivity contribution in [2.24, 2.45) is 0 Å². The molecular formula is C9H12N2O4S. The Morgan fingerprint density at radius 3 is 2.94 bits per heavy atom. The van der Waals surface area contributed by atoms with E-state index in [0.29, 0.717) is 11.6 Å². The number of methoxy groups -OCH3 is 1. The maximum atomic E-state index is 11.5. The van der Waals surface area contributed by atoms with E-state index in [1.165, 1.54) is 25.4 Å². The van der Waals surface area contributed by atoms with Gasteiger partial charge in [-0.2, -0.15) is 0 Å². The molecule has 1 aromatic heterocycles. The van der Waals surface area contributed by atoms with Crippen molar-refractivity contribution in [2.45, 2.75) is 19.6 Å². The lowest BCUT2D eigenvalue weighted by Gasteiger charge is -2.06. The Bertz CT molecular complexity index is 391. The molecule has 1 atom stereocenters. The molecule has 1 unspecified atom stereocenters. The summed E-state index contributed by atoms with van der Waals surface area (Å²) in [6.45, 7) is 1.73. The fraction of sp³-hybridized carbons (Fsp3) is 0.444. The van der Waals surface area contributed by atoms with Crippen molar-refractivity contribution in [3.8, 4) is 0 Å². The van der Waals surface area contributed by atoms with E-state index >= 15 is 0 Å². The first kappa shape index (κ1) is 12.6. The minimum atomic E-state index is -1.08. The highest BCUT2D eigenvalue weighted by molar-refractivity contribution is 7.09. The molecule has 1 rings (SSSR count). The Labute approximate surface area is 96.3 Å². The van der Waals surface area contributed by atoms with Gasteiger partial charge in [-0.25, -0.2) is 4.98 Å². The lowest BCUT2D eigenvalue weighted by molar-refractivity contribution is -0.138. The zero-order chi connectivity index (χ0) is 12.1. The summed E-state index contributed by atoms with van der Waals surface area (Å²) in [5.41, 5.74) is 0.213. The number of carboxylic acids is 1. The van der Waals surface area contributed by atoms with Crippen LogP contribution >= 0.6 is 11.3 Å². The number of nitrogens with zero attached hydrogens (tertiary/aromatic N) is 1. The zero-order valence-corrected chi connectivity index (χ0v) is 9.71. The number of carboxylic acid groups (broad SMARTS) is 1. The van der Waals surface area contributed by atoms with Crippen LogP contribution in [0.25, 0.3) is 0 Å². The van der Waals surface area contributed by atoms with Crippen LogP contribution in [0.4, 0.5) is 0 Å². The number of rotatable bonds is 5. The van der Waals surface area contributed by atoms with Crippen molar-refractivity contribution in [1.29, 1.82) is 0 Å². The van der Waals surface area contributed by atoms with Gasteiger partial charge in [0, 0.05) is 12.5 Å². The summed E-state index contributed by atoms with van der Waals surface area (Å²) in [6, 6.07) is -0.930. The largest absolute Gasteiger partial charge is 0.480 e. The summed E-state index contributed by atoms with van der Waals surface area (Å²) in [5.74, 6) is -1.57. The molecule has 0 radical (unpaired) electrons. The Balaban J connectivity index is 2.62. The van der Waals surface area contributed by atoms with Crippen molar-refractivity contribution in [3.05, 3.63) is 16.1 Å². The molecule has 1 heterocycles. The lowest BCUT2D eigenvalue weighted by atomic mass is 10.3. The quantitative estimate of drug-likeness (QED) is 0.787. The van der Waals surface area contributed by atoms with Gasteiger partial charge in [0.05, 0.1) is 6.61 Å². The first-order chi connectivity index (χ1) is 7.54. The van der Waals surface area contributed by atoms with Gasteiger partial charge in [-0.05, 0) is 6.92 Å². The minimum absolute atomic E-state index is 0.213. The van der Waals surface area contributed by atoms with E-state index in [-0.39, 0.29) is 5.69 Å². The number of ether oxygens (including phenoxy) is 1. The number of hydrogen-bond acceptors (Lipinski definition) is 5. The molecule has 0 saturated carbocycles. The minimum Gasteiger partial charge on any atom is -0.480 e. The van der Waals surface area contributed by atoms with Crippen molar-refractivity contribution in [1.82, 2.24) is 10.3 Å². The maximum absolute atomic E-state index is 11.5. The monoisotopic (exact) mass is 244 g/mol. The van der Waals surface area contributed by atoms with Crippen LogP contribution in [0.2, 0.25) is 0 Å². The molecule has 0 bridgehead atoms. The van der Waals surface area contributed by atoms with Gasteiger partial charge in [-0.1, -0.05) is 0 Å². The second-order valence-electron chi connectivity index (χ2n) is 3.09. The smallest absolute Gasteiger partial charge is 0.325 e. The molecule has 6 nitrogen and oxygen atoms in total. The lowest BCUT2D eigenvalue weighted by Crippen LogP contribution is -2.38. The van der Waals surface area contributed by atoms with E-state index in [4.69, 9.17) is 9.84 Å². The van der Waals surface area contributed by atoms with Gasteiger partial charge in [-0.15, -0.1) is 11.3 Å². The number of carbonyl (C=O) groups excluding carboxylic acids is 1. The summed E-state index contributed by atoms with van der Waals surface area (Å²) in [7, 11) is 1.54.